The molecule has 10 heteroatoms. The smallest absolute Gasteiger partial charge is 0.319 e. The fourth-order valence-corrected chi connectivity index (χ4v) is 5.07. The second-order valence-corrected chi connectivity index (χ2v) is 10.5. The minimum Gasteiger partial charge on any atom is -0.462 e. The Balaban J connectivity index is 1.49. The van der Waals surface area contributed by atoms with Gasteiger partial charge in [0.05, 0.1) is 28.5 Å². The lowest BCUT2D eigenvalue weighted by Crippen LogP contribution is -2.45. The summed E-state index contributed by atoms with van der Waals surface area (Å²) in [6.07, 6.45) is -0.445. The lowest BCUT2D eigenvalue weighted by Gasteiger charge is -2.31. The maximum absolute atomic E-state index is 13.1. The number of ether oxygens (including phenoxy) is 2. The zero-order valence-electron chi connectivity index (χ0n) is 21.7. The highest BCUT2D eigenvalue weighted by Crippen LogP contribution is 2.40. The van der Waals surface area contributed by atoms with Crippen LogP contribution in [0.25, 0.3) is 0 Å². The van der Waals surface area contributed by atoms with Crippen LogP contribution in [0.3, 0.4) is 0 Å². The number of nitrogens with one attached hydrogen (secondary N) is 2. The van der Waals surface area contributed by atoms with E-state index in [0.717, 1.165) is 11.8 Å². The number of esters is 1. The molecule has 1 aliphatic rings. The summed E-state index contributed by atoms with van der Waals surface area (Å²) in [5.74, 6) is -2.63. The molecule has 2 atom stereocenters. The number of halogens is 1. The van der Waals surface area contributed by atoms with Crippen molar-refractivity contribution in [1.29, 1.82) is 5.26 Å². The first-order valence-electron chi connectivity index (χ1n) is 12.4. The maximum atomic E-state index is 13.1. The van der Waals surface area contributed by atoms with Gasteiger partial charge in [-0.15, -0.1) is 0 Å². The number of thioether (sulfide) groups is 1. The van der Waals surface area contributed by atoms with Crippen LogP contribution in [-0.4, -0.2) is 29.6 Å². The summed E-state index contributed by atoms with van der Waals surface area (Å²) < 4.78 is 11.1. The predicted molar refractivity (Wildman–Crippen MR) is 154 cm³/mol. The fourth-order valence-electron chi connectivity index (χ4n) is 4.09. The Kier molecular flexibility index (Phi) is 9.48. The van der Waals surface area contributed by atoms with E-state index in [1.54, 1.807) is 62.4 Å². The van der Waals surface area contributed by atoms with Gasteiger partial charge in [-0.1, -0.05) is 53.7 Å². The average Bonchev–Trinajstić information content (AvgIpc) is 2.93. The molecule has 0 unspecified atom stereocenters. The molecule has 40 heavy (non-hydrogen) atoms. The van der Waals surface area contributed by atoms with Crippen LogP contribution in [-0.2, 0) is 19.1 Å². The van der Waals surface area contributed by atoms with Crippen molar-refractivity contribution >= 4 is 46.8 Å². The number of carbonyl (C=O) groups is 3. The first-order valence-corrected chi connectivity index (χ1v) is 13.8. The van der Waals surface area contributed by atoms with Gasteiger partial charge in [-0.3, -0.25) is 14.4 Å². The maximum Gasteiger partial charge on any atom is 0.319 e. The highest BCUT2D eigenvalue weighted by molar-refractivity contribution is 8.03. The Hall–Kier alpha value is -4.26. The molecule has 0 saturated carbocycles. The minimum absolute atomic E-state index is 0.0858. The summed E-state index contributed by atoms with van der Waals surface area (Å²) in [7, 11) is 0. The van der Waals surface area contributed by atoms with Gasteiger partial charge in [-0.05, 0) is 67.9 Å². The van der Waals surface area contributed by atoms with Gasteiger partial charge in [0, 0.05) is 16.6 Å². The Morgan fingerprint density at radius 2 is 1.68 bits per heavy atom. The molecule has 0 aliphatic carbocycles. The normalized spacial score (nSPS) is 16.6. The number of carbonyl (C=O) groups excluding carboxylic acids is 3. The van der Waals surface area contributed by atoms with E-state index in [1.165, 1.54) is 0 Å². The largest absolute Gasteiger partial charge is 0.462 e. The van der Waals surface area contributed by atoms with Crippen LogP contribution >= 0.6 is 23.4 Å². The van der Waals surface area contributed by atoms with Crippen LogP contribution in [0.4, 0.5) is 5.69 Å². The Bertz CT molecular complexity index is 1450. The first-order chi connectivity index (χ1) is 19.2. The number of hydrogen-bond acceptors (Lipinski definition) is 7. The molecule has 2 N–H and O–H groups in total. The number of nitriles is 1. The molecule has 4 rings (SSSR count). The van der Waals surface area contributed by atoms with Crippen molar-refractivity contribution in [3.05, 3.63) is 100 Å². The van der Waals surface area contributed by atoms with Crippen LogP contribution in [0.5, 0.6) is 11.5 Å². The van der Waals surface area contributed by atoms with Crippen LogP contribution in [0.2, 0.25) is 5.02 Å². The van der Waals surface area contributed by atoms with Gasteiger partial charge in [0.1, 0.15) is 17.4 Å². The topological polar surface area (TPSA) is 118 Å². The molecular weight excluding hydrogens is 550 g/mol. The lowest BCUT2D eigenvalue weighted by atomic mass is 9.78. The van der Waals surface area contributed by atoms with Crippen molar-refractivity contribution in [2.24, 2.45) is 5.92 Å². The molecule has 0 aromatic heterocycles. The number of nitrogens with zero attached hydrogens (tertiary/aromatic N) is 1. The van der Waals surface area contributed by atoms with Crippen molar-refractivity contribution in [3.63, 3.8) is 0 Å². The zero-order chi connectivity index (χ0) is 28.6. The van der Waals surface area contributed by atoms with Gasteiger partial charge < -0.3 is 20.1 Å². The second-order valence-electron chi connectivity index (χ2n) is 9.11. The van der Waals surface area contributed by atoms with Gasteiger partial charge in [0.25, 0.3) is 0 Å². The average molecular weight is 576 g/mol. The summed E-state index contributed by atoms with van der Waals surface area (Å²) >= 11 is 7.04. The van der Waals surface area contributed by atoms with Crippen molar-refractivity contribution in [2.75, 3.05) is 11.1 Å². The molecule has 0 spiro atoms. The van der Waals surface area contributed by atoms with Crippen molar-refractivity contribution < 1.29 is 23.9 Å². The van der Waals surface area contributed by atoms with E-state index < -0.39 is 29.8 Å². The second kappa shape index (κ2) is 13.2. The SMILES string of the molecule is CC(C)OC(=O)[C@@H]1C(=O)NC(SCC(=O)Nc2ccc(Oc3ccccc3)cc2)=C(C#N)[C@H]1c1ccc(Cl)cc1. The number of anilines is 1. The Morgan fingerprint density at radius 3 is 2.30 bits per heavy atom. The predicted octanol–water partition coefficient (Wildman–Crippen LogP) is 6.02. The molecule has 204 valence electrons. The lowest BCUT2D eigenvalue weighted by molar-refractivity contribution is -0.156. The van der Waals surface area contributed by atoms with Crippen molar-refractivity contribution in [3.8, 4) is 17.6 Å². The third kappa shape index (κ3) is 7.23. The summed E-state index contributed by atoms with van der Waals surface area (Å²) in [4.78, 5) is 38.8. The number of rotatable bonds is 9. The molecule has 0 fully saturated rings. The van der Waals surface area contributed by atoms with E-state index in [-0.39, 0.29) is 22.3 Å². The van der Waals surface area contributed by atoms with Crippen LogP contribution in [0.1, 0.15) is 25.3 Å². The van der Waals surface area contributed by atoms with Gasteiger partial charge >= 0.3 is 5.97 Å². The number of para-hydroxylation sites is 1. The van der Waals surface area contributed by atoms with E-state index >= 15 is 0 Å². The molecule has 0 radical (unpaired) electrons. The van der Waals surface area contributed by atoms with E-state index in [2.05, 4.69) is 16.7 Å². The van der Waals surface area contributed by atoms with Crippen LogP contribution in [0, 0.1) is 17.2 Å². The van der Waals surface area contributed by atoms with E-state index in [4.69, 9.17) is 21.1 Å². The monoisotopic (exact) mass is 575 g/mol. The van der Waals surface area contributed by atoms with Gasteiger partial charge in [0.2, 0.25) is 11.8 Å². The summed E-state index contributed by atoms with van der Waals surface area (Å²) in [6.45, 7) is 3.36. The zero-order valence-corrected chi connectivity index (χ0v) is 23.3. The minimum atomic E-state index is -1.27. The molecule has 8 nitrogen and oxygen atoms in total. The Morgan fingerprint density at radius 1 is 1.02 bits per heavy atom. The Labute approximate surface area is 241 Å². The highest BCUT2D eigenvalue weighted by atomic mass is 35.5. The van der Waals surface area contributed by atoms with Gasteiger partial charge in [-0.2, -0.15) is 5.26 Å². The number of allylic oxidation sites excluding steroid dienone is 1. The number of amides is 2. The molecular formula is C30H26ClN3O5S. The summed E-state index contributed by atoms with van der Waals surface area (Å²) in [6, 6.07) is 24.9. The van der Waals surface area contributed by atoms with E-state index in [1.807, 2.05) is 30.3 Å². The molecule has 3 aromatic rings. The first kappa shape index (κ1) is 28.7. The fraction of sp³-hybridized carbons (Fsp3) is 0.200. The third-order valence-electron chi connectivity index (χ3n) is 5.83. The van der Waals surface area contributed by atoms with Crippen molar-refractivity contribution in [1.82, 2.24) is 5.32 Å². The summed E-state index contributed by atoms with van der Waals surface area (Å²) in [5.41, 5.74) is 1.28. The quantitative estimate of drug-likeness (QED) is 0.236. The van der Waals surface area contributed by atoms with Crippen LogP contribution < -0.4 is 15.4 Å². The molecule has 1 heterocycles. The summed E-state index contributed by atoms with van der Waals surface area (Å²) in [5, 5.41) is 16.2. The standard InChI is InChI=1S/C30H26ClN3O5S/c1-18(2)38-30(37)27-26(19-8-10-20(31)11-9-19)24(16-32)29(34-28(27)36)40-17-25(35)33-21-12-14-23(15-13-21)39-22-6-4-3-5-7-22/h3-15,18,26-27H,17H2,1-2H3,(H,33,35)(H,34,36)/t26-,27+/m1/s1. The van der Waals surface area contributed by atoms with Crippen molar-refractivity contribution in [2.45, 2.75) is 25.9 Å². The van der Waals surface area contributed by atoms with Crippen LogP contribution in [0.15, 0.2) is 89.5 Å². The van der Waals surface area contributed by atoms with E-state index in [9.17, 15) is 19.6 Å². The molecule has 0 bridgehead atoms. The molecule has 3 aromatic carbocycles. The van der Waals surface area contributed by atoms with E-state index in [0.29, 0.717) is 27.8 Å². The molecule has 0 saturated heterocycles. The highest BCUT2D eigenvalue weighted by Gasteiger charge is 2.44. The van der Waals surface area contributed by atoms with Gasteiger partial charge in [-0.25, -0.2) is 0 Å². The number of hydrogen-bond donors (Lipinski definition) is 2. The van der Waals surface area contributed by atoms with Gasteiger partial charge in [0.15, 0.2) is 0 Å². The molecule has 2 amide bonds. The third-order valence-corrected chi connectivity index (χ3v) is 7.10. The number of benzene rings is 3. The molecule has 1 aliphatic heterocycles.